The van der Waals surface area contributed by atoms with Crippen molar-refractivity contribution >= 4 is 38.7 Å². The van der Waals surface area contributed by atoms with Crippen LogP contribution in [0.1, 0.15) is 11.4 Å². The number of benzene rings is 1. The highest BCUT2D eigenvalue weighted by Crippen LogP contribution is 2.25. The maximum absolute atomic E-state index is 11.0. The first-order valence-electron chi connectivity index (χ1n) is 5.82. The molecule has 0 amide bonds. The van der Waals surface area contributed by atoms with Gasteiger partial charge in [0.1, 0.15) is 0 Å². The fourth-order valence-corrected chi connectivity index (χ4v) is 2.73. The molecule has 0 aliphatic heterocycles. The fourth-order valence-electron chi connectivity index (χ4n) is 2.38. The molecule has 0 fully saturated rings. The van der Waals surface area contributed by atoms with E-state index < -0.39 is 5.97 Å². The third-order valence-electron chi connectivity index (χ3n) is 3.41. The zero-order chi connectivity index (χ0) is 13.7. The van der Waals surface area contributed by atoms with E-state index in [0.717, 1.165) is 32.7 Å². The van der Waals surface area contributed by atoms with Gasteiger partial charge in [0.25, 0.3) is 0 Å². The van der Waals surface area contributed by atoms with Crippen LogP contribution in [0.4, 0.5) is 0 Å². The van der Waals surface area contributed by atoms with Gasteiger partial charge < -0.3 is 9.67 Å². The molecule has 0 bridgehead atoms. The Kier molecular flexibility index (Phi) is 2.63. The first kappa shape index (κ1) is 12.2. The van der Waals surface area contributed by atoms with Gasteiger partial charge in [-0.2, -0.15) is 0 Å². The molecule has 1 aromatic carbocycles. The Morgan fingerprint density at radius 3 is 2.89 bits per heavy atom. The van der Waals surface area contributed by atoms with Crippen LogP contribution in [0, 0.1) is 6.92 Å². The van der Waals surface area contributed by atoms with E-state index in [2.05, 4.69) is 20.9 Å². The lowest BCUT2D eigenvalue weighted by atomic mass is 10.2. The predicted molar refractivity (Wildman–Crippen MR) is 75.4 cm³/mol. The van der Waals surface area contributed by atoms with Gasteiger partial charge in [0.15, 0.2) is 0 Å². The lowest BCUT2D eigenvalue weighted by Gasteiger charge is -2.00. The van der Waals surface area contributed by atoms with E-state index in [9.17, 15) is 4.79 Å². The molecule has 2 heterocycles. The number of aromatic nitrogens is 3. The molecule has 0 unspecified atom stereocenters. The van der Waals surface area contributed by atoms with Crippen LogP contribution in [0.2, 0.25) is 0 Å². The van der Waals surface area contributed by atoms with Gasteiger partial charge in [-0.3, -0.25) is 9.20 Å². The van der Waals surface area contributed by atoms with E-state index in [1.165, 1.54) is 0 Å². The number of aryl methyl sites for hydroxylation is 1. The maximum atomic E-state index is 11.0. The van der Waals surface area contributed by atoms with Gasteiger partial charge >= 0.3 is 5.97 Å². The van der Waals surface area contributed by atoms with E-state index in [-0.39, 0.29) is 6.42 Å². The Morgan fingerprint density at radius 2 is 2.21 bits per heavy atom. The van der Waals surface area contributed by atoms with E-state index in [1.54, 1.807) is 0 Å². The zero-order valence-electron chi connectivity index (χ0n) is 10.5. The van der Waals surface area contributed by atoms with E-state index in [1.807, 2.05) is 41.1 Å². The lowest BCUT2D eigenvalue weighted by molar-refractivity contribution is -0.136. The minimum atomic E-state index is -0.840. The zero-order valence-corrected chi connectivity index (χ0v) is 12.1. The molecule has 6 heteroatoms. The number of aliphatic carboxylic acids is 1. The number of rotatable bonds is 2. The van der Waals surface area contributed by atoms with Crippen molar-refractivity contribution in [2.75, 3.05) is 0 Å². The van der Waals surface area contributed by atoms with Gasteiger partial charge in [-0.15, -0.1) is 0 Å². The van der Waals surface area contributed by atoms with E-state index in [0.29, 0.717) is 0 Å². The third kappa shape index (κ3) is 1.74. The highest BCUT2D eigenvalue weighted by atomic mass is 79.9. The molecule has 0 aliphatic carbocycles. The number of carboxylic acid groups (broad SMARTS) is 1. The topological polar surface area (TPSA) is 59.5 Å². The summed E-state index contributed by atoms with van der Waals surface area (Å²) in [5.41, 5.74) is 3.47. The minimum Gasteiger partial charge on any atom is -0.481 e. The molecular weight excluding hydrogens is 310 g/mol. The van der Waals surface area contributed by atoms with Crippen molar-refractivity contribution in [2.24, 2.45) is 7.05 Å². The second-order valence-corrected chi connectivity index (χ2v) is 5.46. The van der Waals surface area contributed by atoms with Gasteiger partial charge in [0, 0.05) is 17.2 Å². The molecule has 19 heavy (non-hydrogen) atoms. The van der Waals surface area contributed by atoms with Gasteiger partial charge in [-0.1, -0.05) is 15.9 Å². The van der Waals surface area contributed by atoms with Crippen molar-refractivity contribution in [1.29, 1.82) is 0 Å². The molecule has 0 radical (unpaired) electrons. The van der Waals surface area contributed by atoms with Crippen LogP contribution < -0.4 is 0 Å². The highest BCUT2D eigenvalue weighted by molar-refractivity contribution is 9.10. The highest BCUT2D eigenvalue weighted by Gasteiger charge is 2.18. The fraction of sp³-hybridized carbons (Fsp3) is 0.231. The van der Waals surface area contributed by atoms with Crippen molar-refractivity contribution < 1.29 is 9.90 Å². The second-order valence-electron chi connectivity index (χ2n) is 4.54. The van der Waals surface area contributed by atoms with Crippen molar-refractivity contribution in [2.45, 2.75) is 13.3 Å². The molecule has 0 saturated carbocycles. The van der Waals surface area contributed by atoms with Crippen LogP contribution in [-0.4, -0.2) is 25.0 Å². The molecule has 3 aromatic rings. The van der Waals surface area contributed by atoms with E-state index in [4.69, 9.17) is 5.11 Å². The number of carboxylic acids is 1. The Bertz CT molecular complexity index is 816. The predicted octanol–water partition coefficient (Wildman–Crippen LogP) is 2.52. The Hall–Kier alpha value is -1.82. The molecule has 98 valence electrons. The molecule has 5 nitrogen and oxygen atoms in total. The van der Waals surface area contributed by atoms with Crippen LogP contribution in [0.5, 0.6) is 0 Å². The summed E-state index contributed by atoms with van der Waals surface area (Å²) in [6.07, 6.45) is -0.0128. The molecule has 1 N–H and O–H groups in total. The normalized spacial score (nSPS) is 11.5. The molecule has 0 spiro atoms. The summed E-state index contributed by atoms with van der Waals surface area (Å²) < 4.78 is 4.79. The average Bonchev–Trinajstić information content (AvgIpc) is 2.81. The molecular formula is C13H12BrN3O2. The maximum Gasteiger partial charge on any atom is 0.309 e. The Balaban J connectivity index is 2.45. The summed E-state index contributed by atoms with van der Waals surface area (Å²) in [4.78, 5) is 15.6. The molecule has 0 aliphatic rings. The minimum absolute atomic E-state index is 0.0128. The first-order chi connectivity index (χ1) is 8.99. The molecule has 2 aromatic heterocycles. The van der Waals surface area contributed by atoms with Crippen LogP contribution in [-0.2, 0) is 18.3 Å². The smallest absolute Gasteiger partial charge is 0.309 e. The Morgan fingerprint density at radius 1 is 1.47 bits per heavy atom. The van der Waals surface area contributed by atoms with Crippen LogP contribution in [0.25, 0.3) is 16.8 Å². The third-order valence-corrected chi connectivity index (χ3v) is 3.90. The van der Waals surface area contributed by atoms with Crippen LogP contribution in [0.15, 0.2) is 22.7 Å². The quantitative estimate of drug-likeness (QED) is 0.789. The first-order valence-corrected chi connectivity index (χ1v) is 6.62. The average molecular weight is 322 g/mol. The van der Waals surface area contributed by atoms with Gasteiger partial charge in [0.2, 0.25) is 5.78 Å². The largest absolute Gasteiger partial charge is 0.481 e. The SMILES string of the molecule is Cc1c(CC(=O)O)n2c3cc(Br)ccc3nc2n1C. The summed E-state index contributed by atoms with van der Waals surface area (Å²) in [5.74, 6) is -0.0747. The van der Waals surface area contributed by atoms with Gasteiger partial charge in [-0.05, 0) is 25.1 Å². The second kappa shape index (κ2) is 4.09. The number of nitrogens with zero attached hydrogens (tertiary/aromatic N) is 3. The summed E-state index contributed by atoms with van der Waals surface area (Å²) in [6, 6.07) is 5.81. The standard InChI is InChI=1S/C13H12BrN3O2/c1-7-10(6-12(18)19)17-11-5-8(14)3-4-9(11)15-13(17)16(7)2/h3-5H,6H2,1-2H3,(H,18,19). The molecule has 3 rings (SSSR count). The van der Waals surface area contributed by atoms with E-state index >= 15 is 0 Å². The van der Waals surface area contributed by atoms with Gasteiger partial charge in [0.05, 0.1) is 23.1 Å². The number of carbonyl (C=O) groups is 1. The van der Waals surface area contributed by atoms with Crippen molar-refractivity contribution in [3.8, 4) is 0 Å². The molecule has 0 atom stereocenters. The summed E-state index contributed by atoms with van der Waals surface area (Å²) >= 11 is 3.44. The Labute approximate surface area is 117 Å². The number of halogens is 1. The molecule has 0 saturated heterocycles. The van der Waals surface area contributed by atoms with Crippen LogP contribution >= 0.6 is 15.9 Å². The number of hydrogen-bond acceptors (Lipinski definition) is 2. The summed E-state index contributed by atoms with van der Waals surface area (Å²) in [5, 5.41) is 9.07. The van der Waals surface area contributed by atoms with Crippen molar-refractivity contribution in [3.05, 3.63) is 34.1 Å². The van der Waals surface area contributed by atoms with Crippen LogP contribution in [0.3, 0.4) is 0 Å². The van der Waals surface area contributed by atoms with Crippen molar-refractivity contribution in [1.82, 2.24) is 14.0 Å². The monoisotopic (exact) mass is 321 g/mol. The van der Waals surface area contributed by atoms with Crippen molar-refractivity contribution in [3.63, 3.8) is 0 Å². The number of fused-ring (bicyclic) bond motifs is 3. The summed E-state index contributed by atoms with van der Waals surface area (Å²) in [7, 11) is 1.90. The number of hydrogen-bond donors (Lipinski definition) is 1. The number of imidazole rings is 2. The summed E-state index contributed by atoms with van der Waals surface area (Å²) in [6.45, 7) is 1.91. The van der Waals surface area contributed by atoms with Gasteiger partial charge in [-0.25, -0.2) is 4.98 Å². The lowest BCUT2D eigenvalue weighted by Crippen LogP contribution is -2.05.